The predicted octanol–water partition coefficient (Wildman–Crippen LogP) is 4.61. The summed E-state index contributed by atoms with van der Waals surface area (Å²) in [6.07, 6.45) is -0.216. The van der Waals surface area contributed by atoms with E-state index in [1.165, 1.54) is 0 Å². The Morgan fingerprint density at radius 1 is 1.10 bits per heavy atom. The predicted molar refractivity (Wildman–Crippen MR) is 80.4 cm³/mol. The highest BCUT2D eigenvalue weighted by Crippen LogP contribution is 2.53. The number of hydrogen-bond acceptors (Lipinski definition) is 4. The fourth-order valence-electron chi connectivity index (χ4n) is 1.71. The molecule has 112 valence electrons. The zero-order chi connectivity index (χ0) is 15.3. The molecule has 0 radical (unpaired) electrons. The lowest BCUT2D eigenvalue weighted by Gasteiger charge is -2.22. The van der Waals surface area contributed by atoms with Gasteiger partial charge in [-0.25, -0.2) is 0 Å². The number of rotatable bonds is 7. The fourth-order valence-corrected chi connectivity index (χ4v) is 3.97. The normalized spacial score (nSPS) is 12.2. The van der Waals surface area contributed by atoms with Crippen LogP contribution in [0.5, 0.6) is 0 Å². The highest BCUT2D eigenvalue weighted by Gasteiger charge is 2.28. The molecule has 0 aliphatic heterocycles. The van der Waals surface area contributed by atoms with Gasteiger partial charge in [0.1, 0.15) is 0 Å². The van der Waals surface area contributed by atoms with Crippen LogP contribution >= 0.6 is 19.2 Å². The zero-order valence-electron chi connectivity index (χ0n) is 12.1. The van der Waals surface area contributed by atoms with Crippen LogP contribution < -0.4 is 0 Å². The van der Waals surface area contributed by atoms with Gasteiger partial charge in [-0.2, -0.15) is 0 Å². The molecule has 0 bridgehead atoms. The molecule has 6 heteroatoms. The van der Waals surface area contributed by atoms with Gasteiger partial charge in [-0.15, -0.1) is 0 Å². The molecule has 0 saturated carbocycles. The lowest BCUT2D eigenvalue weighted by molar-refractivity contribution is 0.108. The number of carbonyl (C=O) groups excluding carboxylic acids is 1. The summed E-state index contributed by atoms with van der Waals surface area (Å²) in [7, 11) is -3.21. The molecule has 1 aromatic rings. The van der Waals surface area contributed by atoms with E-state index >= 15 is 0 Å². The Morgan fingerprint density at radius 2 is 1.55 bits per heavy atom. The Morgan fingerprint density at radius 3 is 1.90 bits per heavy atom. The standard InChI is InChI=1S/C14H20ClO4P/c1-10(2)18-20(17,19-11(3)4)9-12-5-7-13(8-6-12)14(15)16/h5-8,10-11H,9H2,1-4H3. The van der Waals surface area contributed by atoms with E-state index in [4.69, 9.17) is 20.6 Å². The summed E-state index contributed by atoms with van der Waals surface area (Å²) >= 11 is 5.38. The van der Waals surface area contributed by atoms with Crippen LogP contribution in [0.25, 0.3) is 0 Å². The van der Waals surface area contributed by atoms with Crippen molar-refractivity contribution in [3.8, 4) is 0 Å². The average molecular weight is 319 g/mol. The van der Waals surface area contributed by atoms with Crippen molar-refractivity contribution in [3.63, 3.8) is 0 Å². The van der Waals surface area contributed by atoms with E-state index in [-0.39, 0.29) is 18.4 Å². The quantitative estimate of drug-likeness (QED) is 0.544. The molecular weight excluding hydrogens is 299 g/mol. The van der Waals surface area contributed by atoms with Crippen molar-refractivity contribution in [2.24, 2.45) is 0 Å². The van der Waals surface area contributed by atoms with Crippen LogP contribution in [0.1, 0.15) is 43.6 Å². The first-order chi connectivity index (χ1) is 9.22. The van der Waals surface area contributed by atoms with E-state index < -0.39 is 12.8 Å². The van der Waals surface area contributed by atoms with Crippen LogP contribution in [-0.4, -0.2) is 17.5 Å². The van der Waals surface area contributed by atoms with Crippen LogP contribution in [0.2, 0.25) is 0 Å². The molecule has 0 amide bonds. The molecule has 0 aliphatic rings. The Bertz CT molecular complexity index is 482. The second-order valence-corrected chi connectivity index (χ2v) is 7.35. The molecule has 0 unspecified atom stereocenters. The summed E-state index contributed by atoms with van der Waals surface area (Å²) in [6, 6.07) is 6.60. The van der Waals surface area contributed by atoms with Crippen molar-refractivity contribution in [2.45, 2.75) is 46.1 Å². The van der Waals surface area contributed by atoms with Gasteiger partial charge in [-0.05, 0) is 57.0 Å². The van der Waals surface area contributed by atoms with Crippen molar-refractivity contribution in [3.05, 3.63) is 35.4 Å². The molecule has 0 N–H and O–H groups in total. The SMILES string of the molecule is CC(C)OP(=O)(Cc1ccc(C(=O)Cl)cc1)OC(C)C. The van der Waals surface area contributed by atoms with E-state index in [0.717, 1.165) is 5.56 Å². The first kappa shape index (κ1) is 17.4. The number of carbonyl (C=O) groups is 1. The Hall–Kier alpha value is -0.670. The van der Waals surface area contributed by atoms with Gasteiger partial charge in [0, 0.05) is 5.56 Å². The van der Waals surface area contributed by atoms with Crippen molar-refractivity contribution < 1.29 is 18.4 Å². The molecule has 0 aliphatic carbocycles. The Kier molecular flexibility index (Phi) is 6.41. The largest absolute Gasteiger partial charge is 0.335 e. The van der Waals surface area contributed by atoms with Gasteiger partial charge in [0.25, 0.3) is 5.24 Å². The van der Waals surface area contributed by atoms with Crippen LogP contribution in [0.3, 0.4) is 0 Å². The third kappa shape index (κ3) is 5.76. The summed E-state index contributed by atoms with van der Waals surface area (Å²) in [4.78, 5) is 11.0. The highest BCUT2D eigenvalue weighted by molar-refractivity contribution is 7.53. The molecule has 0 atom stereocenters. The smallest absolute Gasteiger partial charge is 0.306 e. The summed E-state index contributed by atoms with van der Waals surface area (Å²) in [6.45, 7) is 7.24. The van der Waals surface area contributed by atoms with E-state index in [1.807, 2.05) is 27.7 Å². The van der Waals surface area contributed by atoms with E-state index in [0.29, 0.717) is 5.56 Å². The van der Waals surface area contributed by atoms with Crippen LogP contribution in [0, 0.1) is 0 Å². The van der Waals surface area contributed by atoms with E-state index in [2.05, 4.69) is 0 Å². The topological polar surface area (TPSA) is 52.6 Å². The molecule has 0 aromatic heterocycles. The summed E-state index contributed by atoms with van der Waals surface area (Å²) < 4.78 is 23.6. The minimum Gasteiger partial charge on any atom is -0.306 e. The molecule has 1 aromatic carbocycles. The van der Waals surface area contributed by atoms with Gasteiger partial charge in [0.2, 0.25) is 0 Å². The van der Waals surface area contributed by atoms with E-state index in [9.17, 15) is 9.36 Å². The summed E-state index contributed by atoms with van der Waals surface area (Å²) in [5, 5.41) is -0.517. The molecule has 0 spiro atoms. The second-order valence-electron chi connectivity index (χ2n) is 5.05. The lowest BCUT2D eigenvalue weighted by atomic mass is 10.2. The Labute approximate surface area is 125 Å². The van der Waals surface area contributed by atoms with Crippen LogP contribution in [-0.2, 0) is 19.8 Å². The van der Waals surface area contributed by atoms with Gasteiger partial charge in [0.05, 0.1) is 18.4 Å². The molecule has 0 saturated heterocycles. The fraction of sp³-hybridized carbons (Fsp3) is 0.500. The van der Waals surface area contributed by atoms with Crippen LogP contribution in [0.4, 0.5) is 0 Å². The first-order valence-corrected chi connectivity index (χ1v) is 8.57. The Balaban J connectivity index is 2.89. The maximum Gasteiger partial charge on any atom is 0.335 e. The number of halogens is 1. The average Bonchev–Trinajstić information content (AvgIpc) is 2.26. The van der Waals surface area contributed by atoms with E-state index in [1.54, 1.807) is 24.3 Å². The number of hydrogen-bond donors (Lipinski definition) is 0. The van der Waals surface area contributed by atoms with Gasteiger partial charge < -0.3 is 9.05 Å². The summed E-state index contributed by atoms with van der Waals surface area (Å²) in [5.74, 6) is 0. The van der Waals surface area contributed by atoms with Crippen molar-refractivity contribution >= 4 is 24.4 Å². The van der Waals surface area contributed by atoms with Gasteiger partial charge in [0.15, 0.2) is 0 Å². The minimum atomic E-state index is -3.21. The third-order valence-corrected chi connectivity index (χ3v) is 4.76. The maximum absolute atomic E-state index is 12.7. The molecule has 0 heterocycles. The van der Waals surface area contributed by atoms with Crippen molar-refractivity contribution in [1.29, 1.82) is 0 Å². The van der Waals surface area contributed by atoms with Crippen molar-refractivity contribution in [2.75, 3.05) is 0 Å². The minimum absolute atomic E-state index is 0.167. The molecule has 0 fully saturated rings. The third-order valence-electron chi connectivity index (χ3n) is 2.30. The molecular formula is C14H20ClO4P. The molecule has 20 heavy (non-hydrogen) atoms. The monoisotopic (exact) mass is 318 g/mol. The zero-order valence-corrected chi connectivity index (χ0v) is 13.8. The van der Waals surface area contributed by atoms with Gasteiger partial charge in [-0.3, -0.25) is 9.36 Å². The maximum atomic E-state index is 12.7. The lowest BCUT2D eigenvalue weighted by Crippen LogP contribution is -2.09. The van der Waals surface area contributed by atoms with Gasteiger partial charge >= 0.3 is 7.60 Å². The second kappa shape index (κ2) is 7.37. The van der Waals surface area contributed by atoms with Gasteiger partial charge in [-0.1, -0.05) is 12.1 Å². The first-order valence-electron chi connectivity index (χ1n) is 6.46. The summed E-state index contributed by atoms with van der Waals surface area (Å²) in [5.41, 5.74) is 1.18. The van der Waals surface area contributed by atoms with Crippen LogP contribution in [0.15, 0.2) is 24.3 Å². The molecule has 1 rings (SSSR count). The number of benzene rings is 1. The van der Waals surface area contributed by atoms with Crippen molar-refractivity contribution in [1.82, 2.24) is 0 Å². The molecule has 4 nitrogen and oxygen atoms in total. The highest BCUT2D eigenvalue weighted by atomic mass is 35.5.